The second kappa shape index (κ2) is 2.49. The van der Waals surface area contributed by atoms with Gasteiger partial charge in [-0.3, -0.25) is 4.90 Å². The van der Waals surface area contributed by atoms with E-state index in [0.717, 1.165) is 31.7 Å². The average Bonchev–Trinajstić information content (AvgIpc) is 2.48. The SMILES string of the molecule is OCCN1C[C@H]2C[C@@H]1CN2. The second-order valence-electron chi connectivity index (χ2n) is 3.21. The van der Waals surface area contributed by atoms with Gasteiger partial charge in [0.15, 0.2) is 0 Å². The lowest BCUT2D eigenvalue weighted by molar-refractivity contribution is 0.170. The van der Waals surface area contributed by atoms with Gasteiger partial charge in [-0.15, -0.1) is 0 Å². The van der Waals surface area contributed by atoms with Crippen LogP contribution in [0.3, 0.4) is 0 Å². The highest BCUT2D eigenvalue weighted by Gasteiger charge is 2.36. The molecule has 2 saturated heterocycles. The van der Waals surface area contributed by atoms with E-state index < -0.39 is 0 Å². The zero-order valence-corrected chi connectivity index (χ0v) is 6.08. The summed E-state index contributed by atoms with van der Waals surface area (Å²) >= 11 is 0. The summed E-state index contributed by atoms with van der Waals surface area (Å²) in [4.78, 5) is 2.38. The Balaban J connectivity index is 1.90. The molecule has 0 aromatic carbocycles. The van der Waals surface area contributed by atoms with Gasteiger partial charge in [0.05, 0.1) is 6.61 Å². The summed E-state index contributed by atoms with van der Waals surface area (Å²) in [6, 6.07) is 1.44. The number of aliphatic hydroxyl groups is 1. The Bertz CT molecular complexity index is 129. The third kappa shape index (κ3) is 0.944. The Labute approximate surface area is 61.0 Å². The highest BCUT2D eigenvalue weighted by Crippen LogP contribution is 2.21. The fraction of sp³-hybridized carbons (Fsp3) is 1.00. The van der Waals surface area contributed by atoms with Gasteiger partial charge in [-0.1, -0.05) is 0 Å². The van der Waals surface area contributed by atoms with Crippen LogP contribution in [0.15, 0.2) is 0 Å². The number of likely N-dealkylation sites (tertiary alicyclic amines) is 1. The fourth-order valence-corrected chi connectivity index (χ4v) is 2.05. The predicted octanol–water partition coefficient (Wildman–Crippen LogP) is -0.975. The molecule has 2 atom stereocenters. The van der Waals surface area contributed by atoms with Crippen molar-refractivity contribution in [2.24, 2.45) is 0 Å². The molecule has 3 nitrogen and oxygen atoms in total. The van der Waals surface area contributed by atoms with Crippen molar-refractivity contribution in [2.75, 3.05) is 26.2 Å². The van der Waals surface area contributed by atoms with Crippen molar-refractivity contribution in [3.63, 3.8) is 0 Å². The zero-order valence-electron chi connectivity index (χ0n) is 6.08. The number of hydrogen-bond acceptors (Lipinski definition) is 3. The molecule has 0 saturated carbocycles. The highest BCUT2D eigenvalue weighted by atomic mass is 16.3. The predicted molar refractivity (Wildman–Crippen MR) is 38.9 cm³/mol. The van der Waals surface area contributed by atoms with E-state index in [2.05, 4.69) is 10.2 Å². The largest absolute Gasteiger partial charge is 0.395 e. The number of aliphatic hydroxyl groups excluding tert-OH is 1. The molecular formula is C7H14N2O. The van der Waals surface area contributed by atoms with Crippen molar-refractivity contribution in [3.05, 3.63) is 0 Å². The van der Waals surface area contributed by atoms with Crippen molar-refractivity contribution in [2.45, 2.75) is 18.5 Å². The third-order valence-corrected chi connectivity index (χ3v) is 2.56. The molecule has 0 aromatic rings. The van der Waals surface area contributed by atoms with Crippen LogP contribution in [0.4, 0.5) is 0 Å². The van der Waals surface area contributed by atoms with Crippen molar-refractivity contribution >= 4 is 0 Å². The van der Waals surface area contributed by atoms with E-state index in [4.69, 9.17) is 5.11 Å². The Morgan fingerprint density at radius 3 is 3.00 bits per heavy atom. The Hall–Kier alpha value is -0.120. The van der Waals surface area contributed by atoms with Gasteiger partial charge in [0.2, 0.25) is 0 Å². The molecular weight excluding hydrogens is 128 g/mol. The van der Waals surface area contributed by atoms with Crippen LogP contribution in [0.2, 0.25) is 0 Å². The molecule has 58 valence electrons. The summed E-state index contributed by atoms with van der Waals surface area (Å²) in [5, 5.41) is 12.1. The molecule has 2 heterocycles. The van der Waals surface area contributed by atoms with E-state index in [1.165, 1.54) is 6.42 Å². The maximum atomic E-state index is 8.69. The normalized spacial score (nSPS) is 39.3. The van der Waals surface area contributed by atoms with Crippen LogP contribution in [0.1, 0.15) is 6.42 Å². The van der Waals surface area contributed by atoms with Crippen LogP contribution >= 0.6 is 0 Å². The molecule has 0 amide bonds. The van der Waals surface area contributed by atoms with Crippen LogP contribution < -0.4 is 5.32 Å². The number of fused-ring (bicyclic) bond motifs is 2. The van der Waals surface area contributed by atoms with Crippen molar-refractivity contribution in [3.8, 4) is 0 Å². The lowest BCUT2D eigenvalue weighted by atomic mass is 10.2. The average molecular weight is 142 g/mol. The first-order valence-corrected chi connectivity index (χ1v) is 3.98. The number of piperazine rings is 1. The van der Waals surface area contributed by atoms with Crippen molar-refractivity contribution in [1.82, 2.24) is 10.2 Å². The minimum Gasteiger partial charge on any atom is -0.395 e. The van der Waals surface area contributed by atoms with Gasteiger partial charge in [-0.05, 0) is 6.42 Å². The van der Waals surface area contributed by atoms with Crippen molar-refractivity contribution < 1.29 is 5.11 Å². The summed E-state index contributed by atoms with van der Waals surface area (Å²) in [7, 11) is 0. The molecule has 2 aliphatic rings. The van der Waals surface area contributed by atoms with Crippen LogP contribution in [-0.2, 0) is 0 Å². The second-order valence-corrected chi connectivity index (χ2v) is 3.21. The number of β-amino-alcohol motifs (C(OH)–C–C–N with tert-alkyl or cyclic N) is 1. The summed E-state index contributed by atoms with van der Waals surface area (Å²) < 4.78 is 0. The van der Waals surface area contributed by atoms with E-state index >= 15 is 0 Å². The topological polar surface area (TPSA) is 35.5 Å². The van der Waals surface area contributed by atoms with E-state index in [0.29, 0.717) is 6.61 Å². The standard InChI is InChI=1S/C7H14N2O/c10-2-1-9-5-6-3-7(9)4-8-6/h6-8,10H,1-5H2/t6-,7-/m1/s1. The molecule has 0 unspecified atom stereocenters. The molecule has 2 N–H and O–H groups in total. The molecule has 2 fully saturated rings. The lowest BCUT2D eigenvalue weighted by Crippen LogP contribution is -2.44. The maximum Gasteiger partial charge on any atom is 0.0558 e. The molecule has 0 radical (unpaired) electrons. The number of nitrogens with one attached hydrogen (secondary N) is 1. The Morgan fingerprint density at radius 2 is 2.50 bits per heavy atom. The minimum atomic E-state index is 0.309. The van der Waals surface area contributed by atoms with Gasteiger partial charge >= 0.3 is 0 Å². The molecule has 2 aliphatic heterocycles. The summed E-state index contributed by atoms with van der Waals surface area (Å²) in [5.41, 5.74) is 0. The van der Waals surface area contributed by atoms with Crippen LogP contribution in [0.5, 0.6) is 0 Å². The van der Waals surface area contributed by atoms with Gasteiger partial charge < -0.3 is 10.4 Å². The molecule has 10 heavy (non-hydrogen) atoms. The van der Waals surface area contributed by atoms with E-state index in [9.17, 15) is 0 Å². The molecule has 3 heteroatoms. The molecule has 0 spiro atoms. The summed E-state index contributed by atoms with van der Waals surface area (Å²) in [6.07, 6.45) is 1.29. The van der Waals surface area contributed by atoms with Gasteiger partial charge in [0.25, 0.3) is 0 Å². The van der Waals surface area contributed by atoms with Gasteiger partial charge in [-0.25, -0.2) is 0 Å². The van der Waals surface area contributed by atoms with Crippen LogP contribution in [-0.4, -0.2) is 48.3 Å². The first-order valence-electron chi connectivity index (χ1n) is 3.98. The monoisotopic (exact) mass is 142 g/mol. The zero-order chi connectivity index (χ0) is 6.97. The summed E-state index contributed by atoms with van der Waals surface area (Å²) in [6.45, 7) is 3.45. The van der Waals surface area contributed by atoms with Crippen LogP contribution in [0.25, 0.3) is 0 Å². The molecule has 0 aliphatic carbocycles. The quantitative estimate of drug-likeness (QED) is 0.520. The van der Waals surface area contributed by atoms with Gasteiger partial charge in [0.1, 0.15) is 0 Å². The maximum absolute atomic E-state index is 8.69. The Morgan fingerprint density at radius 1 is 1.60 bits per heavy atom. The first kappa shape index (κ1) is 6.58. The minimum absolute atomic E-state index is 0.309. The van der Waals surface area contributed by atoms with E-state index in [1.54, 1.807) is 0 Å². The highest BCUT2D eigenvalue weighted by molar-refractivity contribution is 4.96. The van der Waals surface area contributed by atoms with Gasteiger partial charge in [0, 0.05) is 31.7 Å². The number of nitrogens with zero attached hydrogens (tertiary/aromatic N) is 1. The van der Waals surface area contributed by atoms with E-state index in [-0.39, 0.29) is 0 Å². The first-order chi connectivity index (χ1) is 4.90. The van der Waals surface area contributed by atoms with Gasteiger partial charge in [-0.2, -0.15) is 0 Å². The fourth-order valence-electron chi connectivity index (χ4n) is 2.05. The van der Waals surface area contributed by atoms with Crippen LogP contribution in [0, 0.1) is 0 Å². The number of rotatable bonds is 2. The summed E-state index contributed by atoms with van der Waals surface area (Å²) in [5.74, 6) is 0. The molecule has 2 bridgehead atoms. The smallest absolute Gasteiger partial charge is 0.0558 e. The molecule has 0 aromatic heterocycles. The number of hydrogen-bond donors (Lipinski definition) is 2. The van der Waals surface area contributed by atoms with Crippen molar-refractivity contribution in [1.29, 1.82) is 0 Å². The third-order valence-electron chi connectivity index (χ3n) is 2.56. The Kier molecular flexibility index (Phi) is 1.64. The molecule has 2 rings (SSSR count). The van der Waals surface area contributed by atoms with E-state index in [1.807, 2.05) is 0 Å². The lowest BCUT2D eigenvalue weighted by Gasteiger charge is -2.25.